The standard InChI is InChI=1S/C18H21N3O2S/c1-4-23-15-8-6-14(7-9-15)19-18(24)21-20-13(3)16-11-12(2)5-10-17(16)22/h5-11,22H,4H2,1-3H3,(H2,19,21,24)/b20-13+. The molecule has 6 heteroatoms. The smallest absolute Gasteiger partial charge is 0.191 e. The lowest BCUT2D eigenvalue weighted by molar-refractivity contribution is 0.340. The van der Waals surface area contributed by atoms with Gasteiger partial charge >= 0.3 is 0 Å². The van der Waals surface area contributed by atoms with E-state index < -0.39 is 0 Å². The fourth-order valence-corrected chi connectivity index (χ4v) is 2.26. The average Bonchev–Trinajstić information content (AvgIpc) is 2.57. The van der Waals surface area contributed by atoms with Crippen LogP contribution in [0, 0.1) is 6.92 Å². The van der Waals surface area contributed by atoms with Crippen molar-refractivity contribution >= 4 is 28.7 Å². The lowest BCUT2D eigenvalue weighted by Crippen LogP contribution is -2.25. The maximum atomic E-state index is 9.91. The first-order valence-corrected chi connectivity index (χ1v) is 8.04. The van der Waals surface area contributed by atoms with Crippen molar-refractivity contribution in [2.75, 3.05) is 11.9 Å². The van der Waals surface area contributed by atoms with Gasteiger partial charge in [0.2, 0.25) is 0 Å². The second kappa shape index (κ2) is 8.31. The van der Waals surface area contributed by atoms with Crippen molar-refractivity contribution in [1.82, 2.24) is 5.43 Å². The summed E-state index contributed by atoms with van der Waals surface area (Å²) in [6, 6.07) is 12.9. The molecule has 2 rings (SSSR count). The molecule has 0 aliphatic rings. The number of hydrogen-bond donors (Lipinski definition) is 3. The van der Waals surface area contributed by atoms with Crippen LogP contribution >= 0.6 is 12.2 Å². The lowest BCUT2D eigenvalue weighted by Gasteiger charge is -2.10. The highest BCUT2D eigenvalue weighted by Gasteiger charge is 2.05. The van der Waals surface area contributed by atoms with E-state index in [1.165, 1.54) is 0 Å². The molecule has 0 aliphatic carbocycles. The molecular formula is C18H21N3O2S. The van der Waals surface area contributed by atoms with Gasteiger partial charge in [0.15, 0.2) is 5.11 Å². The molecule has 0 saturated heterocycles. The summed E-state index contributed by atoms with van der Waals surface area (Å²) in [5.41, 5.74) is 5.98. The van der Waals surface area contributed by atoms with E-state index in [4.69, 9.17) is 17.0 Å². The van der Waals surface area contributed by atoms with Gasteiger partial charge in [-0.05, 0) is 69.4 Å². The molecule has 5 nitrogen and oxygen atoms in total. The van der Waals surface area contributed by atoms with E-state index >= 15 is 0 Å². The van der Waals surface area contributed by atoms with Crippen molar-refractivity contribution in [3.63, 3.8) is 0 Å². The Kier molecular flexibility index (Phi) is 6.14. The molecule has 0 spiro atoms. The number of thiocarbonyl (C=S) groups is 1. The summed E-state index contributed by atoms with van der Waals surface area (Å²) in [7, 11) is 0. The van der Waals surface area contributed by atoms with E-state index in [-0.39, 0.29) is 5.75 Å². The van der Waals surface area contributed by atoms with Crippen LogP contribution in [0.25, 0.3) is 0 Å². The lowest BCUT2D eigenvalue weighted by atomic mass is 10.1. The molecule has 0 aromatic heterocycles. The number of aryl methyl sites for hydroxylation is 1. The van der Waals surface area contributed by atoms with Crippen molar-refractivity contribution in [3.8, 4) is 11.5 Å². The Morgan fingerprint density at radius 2 is 1.92 bits per heavy atom. The fourth-order valence-electron chi connectivity index (χ4n) is 2.09. The topological polar surface area (TPSA) is 65.9 Å². The van der Waals surface area contributed by atoms with Crippen LogP contribution in [0.4, 0.5) is 5.69 Å². The summed E-state index contributed by atoms with van der Waals surface area (Å²) in [4.78, 5) is 0. The monoisotopic (exact) mass is 343 g/mol. The summed E-state index contributed by atoms with van der Waals surface area (Å²) in [5.74, 6) is 1.000. The van der Waals surface area contributed by atoms with Crippen LogP contribution in [-0.2, 0) is 0 Å². The van der Waals surface area contributed by atoms with Crippen LogP contribution in [0.5, 0.6) is 11.5 Å². The van der Waals surface area contributed by atoms with E-state index in [0.717, 1.165) is 17.0 Å². The van der Waals surface area contributed by atoms with Crippen LogP contribution in [0.1, 0.15) is 25.0 Å². The van der Waals surface area contributed by atoms with E-state index in [9.17, 15) is 5.11 Å². The first-order chi connectivity index (χ1) is 11.5. The number of nitrogens with one attached hydrogen (secondary N) is 2. The molecule has 126 valence electrons. The normalized spacial score (nSPS) is 11.0. The van der Waals surface area contributed by atoms with Crippen LogP contribution in [-0.4, -0.2) is 22.5 Å². The Labute approximate surface area is 147 Å². The predicted molar refractivity (Wildman–Crippen MR) is 102 cm³/mol. The summed E-state index contributed by atoms with van der Waals surface area (Å²) in [6.45, 7) is 6.34. The number of aromatic hydroxyl groups is 1. The SMILES string of the molecule is CCOc1ccc(NC(=S)N/N=C(\C)c2cc(C)ccc2O)cc1. The first kappa shape index (κ1) is 17.7. The van der Waals surface area contributed by atoms with Crippen LogP contribution in [0.15, 0.2) is 47.6 Å². The Morgan fingerprint density at radius 3 is 2.58 bits per heavy atom. The largest absolute Gasteiger partial charge is 0.507 e. The number of nitrogens with zero attached hydrogens (tertiary/aromatic N) is 1. The zero-order valence-corrected chi connectivity index (χ0v) is 14.8. The summed E-state index contributed by atoms with van der Waals surface area (Å²) in [6.07, 6.45) is 0. The molecule has 0 amide bonds. The van der Waals surface area contributed by atoms with Crippen LogP contribution < -0.4 is 15.5 Å². The molecule has 0 unspecified atom stereocenters. The predicted octanol–water partition coefficient (Wildman–Crippen LogP) is 3.81. The summed E-state index contributed by atoms with van der Waals surface area (Å²) >= 11 is 5.22. The minimum Gasteiger partial charge on any atom is -0.507 e. The average molecular weight is 343 g/mol. The number of phenols is 1. The third kappa shape index (κ3) is 4.96. The highest BCUT2D eigenvalue weighted by atomic mass is 32.1. The van der Waals surface area contributed by atoms with Crippen LogP contribution in [0.3, 0.4) is 0 Å². The van der Waals surface area contributed by atoms with Gasteiger partial charge in [0, 0.05) is 11.3 Å². The first-order valence-electron chi connectivity index (χ1n) is 7.63. The molecule has 0 atom stereocenters. The maximum Gasteiger partial charge on any atom is 0.191 e. The number of benzene rings is 2. The van der Waals surface area contributed by atoms with Crippen molar-refractivity contribution < 1.29 is 9.84 Å². The molecule has 3 N–H and O–H groups in total. The molecule has 2 aromatic rings. The minimum absolute atomic E-state index is 0.189. The highest BCUT2D eigenvalue weighted by molar-refractivity contribution is 7.80. The quantitative estimate of drug-likeness (QED) is 0.438. The Bertz CT molecular complexity index is 742. The van der Waals surface area contributed by atoms with E-state index in [1.807, 2.05) is 50.2 Å². The zero-order valence-electron chi connectivity index (χ0n) is 14.0. The molecule has 0 heterocycles. The van der Waals surface area contributed by atoms with Gasteiger partial charge in [0.1, 0.15) is 11.5 Å². The van der Waals surface area contributed by atoms with Gasteiger partial charge in [0.05, 0.1) is 12.3 Å². The van der Waals surface area contributed by atoms with Gasteiger partial charge in [-0.15, -0.1) is 0 Å². The van der Waals surface area contributed by atoms with Gasteiger partial charge < -0.3 is 15.2 Å². The third-order valence-corrected chi connectivity index (χ3v) is 3.48. The second-order valence-electron chi connectivity index (χ2n) is 5.24. The van der Waals surface area contributed by atoms with Crippen molar-refractivity contribution in [2.45, 2.75) is 20.8 Å². The summed E-state index contributed by atoms with van der Waals surface area (Å²) < 4.78 is 5.39. The third-order valence-electron chi connectivity index (χ3n) is 3.29. The number of hydrazone groups is 1. The number of ether oxygens (including phenoxy) is 1. The number of phenolic OH excluding ortho intramolecular Hbond substituents is 1. The Hall–Kier alpha value is -2.60. The minimum atomic E-state index is 0.189. The zero-order chi connectivity index (χ0) is 17.5. The van der Waals surface area contributed by atoms with E-state index in [0.29, 0.717) is 23.0 Å². The van der Waals surface area contributed by atoms with Gasteiger partial charge in [0.25, 0.3) is 0 Å². The Morgan fingerprint density at radius 1 is 1.21 bits per heavy atom. The molecule has 0 aliphatic heterocycles. The molecule has 0 fully saturated rings. The van der Waals surface area contributed by atoms with Crippen LogP contribution in [0.2, 0.25) is 0 Å². The van der Waals surface area contributed by atoms with E-state index in [1.54, 1.807) is 13.0 Å². The number of rotatable bonds is 5. The van der Waals surface area contributed by atoms with Gasteiger partial charge in [-0.25, -0.2) is 0 Å². The maximum absolute atomic E-state index is 9.91. The van der Waals surface area contributed by atoms with Crippen molar-refractivity contribution in [3.05, 3.63) is 53.6 Å². The molecule has 24 heavy (non-hydrogen) atoms. The van der Waals surface area contributed by atoms with Crippen molar-refractivity contribution in [1.29, 1.82) is 0 Å². The molecule has 0 saturated carbocycles. The van der Waals surface area contributed by atoms with Crippen molar-refractivity contribution in [2.24, 2.45) is 5.10 Å². The highest BCUT2D eigenvalue weighted by Crippen LogP contribution is 2.19. The van der Waals surface area contributed by atoms with Gasteiger partial charge in [-0.2, -0.15) is 5.10 Å². The molecule has 0 bridgehead atoms. The number of anilines is 1. The van der Waals surface area contributed by atoms with Gasteiger partial charge in [-0.3, -0.25) is 5.43 Å². The molecular weight excluding hydrogens is 322 g/mol. The van der Waals surface area contributed by atoms with Gasteiger partial charge in [-0.1, -0.05) is 11.6 Å². The molecule has 0 radical (unpaired) electrons. The molecule has 2 aromatic carbocycles. The Balaban J connectivity index is 1.97. The van der Waals surface area contributed by atoms with E-state index in [2.05, 4.69) is 15.8 Å². The number of hydrogen-bond acceptors (Lipinski definition) is 4. The second-order valence-corrected chi connectivity index (χ2v) is 5.65. The summed E-state index contributed by atoms with van der Waals surface area (Å²) in [5, 5.41) is 17.5. The fraction of sp³-hybridized carbons (Fsp3) is 0.222.